The molecule has 0 bridgehead atoms. The van der Waals surface area contributed by atoms with Crippen molar-refractivity contribution >= 4 is 5.91 Å². The van der Waals surface area contributed by atoms with E-state index in [2.05, 4.69) is 4.98 Å². The van der Waals surface area contributed by atoms with E-state index < -0.39 is 11.7 Å². The average Bonchev–Trinajstić information content (AvgIpc) is 2.38. The second-order valence-corrected chi connectivity index (χ2v) is 4.57. The number of carbonyl (C=O) groups excluding carboxylic acids is 1. The molecule has 5 heteroatoms. The fourth-order valence-electron chi connectivity index (χ4n) is 1.83. The van der Waals surface area contributed by atoms with Gasteiger partial charge in [0.05, 0.1) is 17.4 Å². The molecule has 20 heavy (non-hydrogen) atoms. The summed E-state index contributed by atoms with van der Waals surface area (Å²) in [5.41, 5.74) is 6.04. The Morgan fingerprint density at radius 3 is 2.75 bits per heavy atom. The van der Waals surface area contributed by atoms with Crippen LogP contribution in [0, 0.1) is 5.82 Å². The highest BCUT2D eigenvalue weighted by molar-refractivity contribution is 5.93. The van der Waals surface area contributed by atoms with Gasteiger partial charge >= 0.3 is 0 Å². The number of nitrogens with two attached hydrogens (primary N) is 1. The normalized spacial score (nSPS) is 10.6. The number of ether oxygens (including phenoxy) is 1. The number of nitrogens with zero attached hydrogens (tertiary/aromatic N) is 1. The van der Waals surface area contributed by atoms with Gasteiger partial charge in [-0.2, -0.15) is 0 Å². The summed E-state index contributed by atoms with van der Waals surface area (Å²) < 4.78 is 19.7. The second-order valence-electron chi connectivity index (χ2n) is 4.57. The Labute approximate surface area is 116 Å². The molecule has 0 atom stereocenters. The number of amides is 1. The van der Waals surface area contributed by atoms with Crippen molar-refractivity contribution in [1.82, 2.24) is 4.98 Å². The molecule has 1 aromatic carbocycles. The van der Waals surface area contributed by atoms with E-state index in [1.807, 2.05) is 13.8 Å². The van der Waals surface area contributed by atoms with Crippen molar-refractivity contribution < 1.29 is 13.9 Å². The van der Waals surface area contributed by atoms with E-state index in [1.165, 1.54) is 24.4 Å². The van der Waals surface area contributed by atoms with Crippen molar-refractivity contribution in [2.45, 2.75) is 20.0 Å². The first kappa shape index (κ1) is 14.0. The summed E-state index contributed by atoms with van der Waals surface area (Å²) in [5, 5.41) is 0. The van der Waals surface area contributed by atoms with Crippen LogP contribution in [0.4, 0.5) is 4.39 Å². The van der Waals surface area contributed by atoms with E-state index in [-0.39, 0.29) is 17.2 Å². The fourth-order valence-corrected chi connectivity index (χ4v) is 1.83. The summed E-state index contributed by atoms with van der Waals surface area (Å²) >= 11 is 0. The average molecular weight is 274 g/mol. The molecule has 4 nitrogen and oxygen atoms in total. The number of pyridine rings is 1. The summed E-state index contributed by atoms with van der Waals surface area (Å²) in [6.45, 7) is 3.70. The Kier molecular flexibility index (Phi) is 3.98. The lowest BCUT2D eigenvalue weighted by atomic mass is 10.1. The lowest BCUT2D eigenvalue weighted by molar-refractivity contribution is 0.1000. The number of aromatic nitrogens is 1. The molecular weight excluding hydrogens is 259 g/mol. The van der Waals surface area contributed by atoms with Crippen LogP contribution in [-0.4, -0.2) is 17.0 Å². The summed E-state index contributed by atoms with van der Waals surface area (Å²) in [5.74, 6) is -0.664. The van der Waals surface area contributed by atoms with Crippen molar-refractivity contribution in [3.05, 3.63) is 47.9 Å². The zero-order valence-electron chi connectivity index (χ0n) is 11.3. The third-order valence-corrected chi connectivity index (χ3v) is 2.64. The van der Waals surface area contributed by atoms with Crippen molar-refractivity contribution in [1.29, 1.82) is 0 Å². The zero-order valence-corrected chi connectivity index (χ0v) is 11.3. The molecule has 0 radical (unpaired) electrons. The molecule has 0 spiro atoms. The molecule has 0 saturated carbocycles. The standard InChI is InChI=1S/C15H15FN2O2/c1-9(2)20-13-5-3-4-11(16)14(13)12-8-10(15(17)19)6-7-18-12/h3-9H,1-2H3,(H2,17,19). The SMILES string of the molecule is CC(C)Oc1cccc(F)c1-c1cc(C(N)=O)ccn1. The van der Waals surface area contributed by atoms with Crippen LogP contribution in [0.3, 0.4) is 0 Å². The summed E-state index contributed by atoms with van der Waals surface area (Å²) in [7, 11) is 0. The molecule has 2 aromatic rings. The number of primary amides is 1. The molecule has 1 aromatic heterocycles. The summed E-state index contributed by atoms with van der Waals surface area (Å²) in [6.07, 6.45) is 1.32. The van der Waals surface area contributed by atoms with E-state index in [9.17, 15) is 9.18 Å². The molecule has 0 saturated heterocycles. The third-order valence-electron chi connectivity index (χ3n) is 2.64. The Hall–Kier alpha value is -2.43. The van der Waals surface area contributed by atoms with Gasteiger partial charge in [-0.15, -0.1) is 0 Å². The van der Waals surface area contributed by atoms with Crippen LogP contribution in [0.2, 0.25) is 0 Å². The number of hydrogen-bond donors (Lipinski definition) is 1. The fraction of sp³-hybridized carbons (Fsp3) is 0.200. The van der Waals surface area contributed by atoms with Crippen LogP contribution in [0.25, 0.3) is 11.3 Å². The van der Waals surface area contributed by atoms with E-state index in [1.54, 1.807) is 12.1 Å². The molecule has 104 valence electrons. The highest BCUT2D eigenvalue weighted by Gasteiger charge is 2.15. The first-order valence-corrected chi connectivity index (χ1v) is 6.20. The quantitative estimate of drug-likeness (QED) is 0.932. The summed E-state index contributed by atoms with van der Waals surface area (Å²) in [4.78, 5) is 15.3. The smallest absolute Gasteiger partial charge is 0.248 e. The van der Waals surface area contributed by atoms with Gasteiger partial charge in [-0.25, -0.2) is 4.39 Å². The minimum absolute atomic E-state index is 0.102. The van der Waals surface area contributed by atoms with Gasteiger partial charge in [0.2, 0.25) is 5.91 Å². The van der Waals surface area contributed by atoms with Crippen molar-refractivity contribution in [2.75, 3.05) is 0 Å². The van der Waals surface area contributed by atoms with Gasteiger partial charge in [0.1, 0.15) is 11.6 Å². The highest BCUT2D eigenvalue weighted by Crippen LogP contribution is 2.32. The van der Waals surface area contributed by atoms with Gasteiger partial charge in [0, 0.05) is 11.8 Å². The number of rotatable bonds is 4. The maximum absolute atomic E-state index is 14.1. The molecule has 0 aliphatic heterocycles. The van der Waals surface area contributed by atoms with Gasteiger partial charge in [0.25, 0.3) is 0 Å². The molecule has 1 amide bonds. The first-order chi connectivity index (χ1) is 9.49. The molecule has 1 heterocycles. The van der Waals surface area contributed by atoms with Crippen LogP contribution in [-0.2, 0) is 0 Å². The van der Waals surface area contributed by atoms with Gasteiger partial charge < -0.3 is 10.5 Å². The molecule has 0 fully saturated rings. The lowest BCUT2D eigenvalue weighted by Crippen LogP contribution is -2.11. The Morgan fingerprint density at radius 1 is 1.35 bits per heavy atom. The second kappa shape index (κ2) is 5.69. The van der Waals surface area contributed by atoms with E-state index in [4.69, 9.17) is 10.5 Å². The van der Waals surface area contributed by atoms with Gasteiger partial charge in [0.15, 0.2) is 0 Å². The molecule has 2 rings (SSSR count). The lowest BCUT2D eigenvalue weighted by Gasteiger charge is -2.14. The minimum Gasteiger partial charge on any atom is -0.490 e. The van der Waals surface area contributed by atoms with Crippen LogP contribution in [0.1, 0.15) is 24.2 Å². The molecule has 0 aliphatic rings. The van der Waals surface area contributed by atoms with Gasteiger partial charge in [-0.3, -0.25) is 9.78 Å². The highest BCUT2D eigenvalue weighted by atomic mass is 19.1. The zero-order chi connectivity index (χ0) is 14.7. The largest absolute Gasteiger partial charge is 0.490 e. The molecular formula is C15H15FN2O2. The molecule has 2 N–H and O–H groups in total. The number of carbonyl (C=O) groups is 1. The number of benzene rings is 1. The van der Waals surface area contributed by atoms with Crippen LogP contribution in [0.15, 0.2) is 36.5 Å². The maximum atomic E-state index is 14.1. The predicted octanol–water partition coefficient (Wildman–Crippen LogP) is 2.77. The number of halogens is 1. The van der Waals surface area contributed by atoms with Crippen molar-refractivity contribution in [3.8, 4) is 17.0 Å². The third kappa shape index (κ3) is 2.93. The van der Waals surface area contributed by atoms with Crippen LogP contribution >= 0.6 is 0 Å². The summed E-state index contributed by atoms with van der Waals surface area (Å²) in [6, 6.07) is 7.48. The maximum Gasteiger partial charge on any atom is 0.248 e. The number of hydrogen-bond acceptors (Lipinski definition) is 3. The van der Waals surface area contributed by atoms with E-state index >= 15 is 0 Å². The minimum atomic E-state index is -0.587. The molecule has 0 aliphatic carbocycles. The van der Waals surface area contributed by atoms with Crippen LogP contribution < -0.4 is 10.5 Å². The van der Waals surface area contributed by atoms with Crippen LogP contribution in [0.5, 0.6) is 5.75 Å². The topological polar surface area (TPSA) is 65.2 Å². The Morgan fingerprint density at radius 2 is 2.10 bits per heavy atom. The monoisotopic (exact) mass is 274 g/mol. The first-order valence-electron chi connectivity index (χ1n) is 6.20. The van der Waals surface area contributed by atoms with Crippen molar-refractivity contribution in [2.24, 2.45) is 5.73 Å². The predicted molar refractivity (Wildman–Crippen MR) is 73.9 cm³/mol. The van der Waals surface area contributed by atoms with E-state index in [0.717, 1.165) is 0 Å². The van der Waals surface area contributed by atoms with Gasteiger partial charge in [-0.05, 0) is 38.1 Å². The van der Waals surface area contributed by atoms with E-state index in [0.29, 0.717) is 11.4 Å². The Bertz CT molecular complexity index is 642. The Balaban J connectivity index is 2.56. The van der Waals surface area contributed by atoms with Gasteiger partial charge in [-0.1, -0.05) is 6.07 Å². The van der Waals surface area contributed by atoms with Crippen molar-refractivity contribution in [3.63, 3.8) is 0 Å². The molecule has 0 unspecified atom stereocenters.